The molecule has 1 aliphatic rings. The SMILES string of the molecule is C[Si](C)(C)CC1=[C]([Zr][CH](c2ccccc2)c2ccccc2)CC=C1.Cl.Cl. The molecule has 0 fully saturated rings. The summed E-state index contributed by atoms with van der Waals surface area (Å²) in [7, 11) is -1.06. The third-order valence-corrected chi connectivity index (χ3v) is 10.3. The third-order valence-electron chi connectivity index (χ3n) is 4.33. The molecular formula is C22H28Cl2SiZr. The zero-order valence-electron chi connectivity index (χ0n) is 15.7. The molecule has 0 saturated heterocycles. The van der Waals surface area contributed by atoms with E-state index >= 15 is 0 Å². The molecule has 4 heteroatoms. The van der Waals surface area contributed by atoms with Crippen molar-refractivity contribution in [2.45, 2.75) is 35.7 Å². The summed E-state index contributed by atoms with van der Waals surface area (Å²) < 4.78 is 2.45. The van der Waals surface area contributed by atoms with E-state index in [0.717, 1.165) is 0 Å². The van der Waals surface area contributed by atoms with Crippen LogP contribution in [0.4, 0.5) is 0 Å². The van der Waals surface area contributed by atoms with Crippen LogP contribution < -0.4 is 0 Å². The Hall–Kier alpha value is -0.400. The molecule has 0 aliphatic heterocycles. The summed E-state index contributed by atoms with van der Waals surface area (Å²) in [6, 6.07) is 23.6. The van der Waals surface area contributed by atoms with E-state index in [4.69, 9.17) is 0 Å². The first-order valence-corrected chi connectivity index (χ1v) is 15.1. The fourth-order valence-electron chi connectivity index (χ4n) is 3.26. The molecule has 0 aromatic heterocycles. The van der Waals surface area contributed by atoms with Crippen LogP contribution in [-0.4, -0.2) is 8.07 Å². The number of hydrogen-bond donors (Lipinski definition) is 0. The zero-order chi connectivity index (χ0) is 17.0. The maximum atomic E-state index is 2.49. The molecule has 1 aliphatic carbocycles. The molecule has 0 amide bonds. The van der Waals surface area contributed by atoms with Crippen LogP contribution in [0.25, 0.3) is 0 Å². The molecule has 138 valence electrons. The van der Waals surface area contributed by atoms with Gasteiger partial charge in [-0.15, -0.1) is 24.8 Å². The molecule has 0 nitrogen and oxygen atoms in total. The predicted molar refractivity (Wildman–Crippen MR) is 118 cm³/mol. The van der Waals surface area contributed by atoms with Crippen LogP contribution in [0.1, 0.15) is 21.2 Å². The Morgan fingerprint density at radius 2 is 1.35 bits per heavy atom. The topological polar surface area (TPSA) is 0 Å². The Labute approximate surface area is 183 Å². The van der Waals surface area contributed by atoms with E-state index < -0.39 is 31.3 Å². The van der Waals surface area contributed by atoms with Crippen molar-refractivity contribution >= 4 is 32.9 Å². The minimum Gasteiger partial charge on any atom is -0.147 e. The average molecular weight is 483 g/mol. The Morgan fingerprint density at radius 3 is 1.81 bits per heavy atom. The van der Waals surface area contributed by atoms with Gasteiger partial charge in [0.15, 0.2) is 0 Å². The fraction of sp³-hybridized carbons (Fsp3) is 0.273. The van der Waals surface area contributed by atoms with E-state index in [1.807, 2.05) is 3.28 Å². The summed E-state index contributed by atoms with van der Waals surface area (Å²) in [5, 5.41) is 0. The molecule has 2 aromatic rings. The minimum absolute atomic E-state index is 0. The number of hydrogen-bond acceptors (Lipinski definition) is 0. The van der Waals surface area contributed by atoms with Gasteiger partial charge in [-0.05, 0) is 0 Å². The molecule has 0 saturated carbocycles. The standard InChI is InChI=1S/C13H11.C9H15Si.2ClH.Zr/c1-3-7-12(8-4-1)11-13-9-5-2-6-10-13;1-10(2,3)8-9-6-4-5-7-9;;;/h1-11H;4,6H,5,8H2,1-3H3;2*1H;. The first-order valence-electron chi connectivity index (χ1n) is 8.78. The van der Waals surface area contributed by atoms with E-state index in [9.17, 15) is 0 Å². The molecule has 0 bridgehead atoms. The average Bonchev–Trinajstić information content (AvgIpc) is 2.99. The molecule has 0 unspecified atom stereocenters. The van der Waals surface area contributed by atoms with Crippen molar-refractivity contribution in [3.63, 3.8) is 0 Å². The van der Waals surface area contributed by atoms with Crippen molar-refractivity contribution in [3.8, 4) is 0 Å². The van der Waals surface area contributed by atoms with Gasteiger partial charge in [0.1, 0.15) is 0 Å². The molecule has 0 radical (unpaired) electrons. The van der Waals surface area contributed by atoms with Crippen LogP contribution in [-0.2, 0) is 23.2 Å². The fourth-order valence-corrected chi connectivity index (χ4v) is 9.25. The van der Waals surface area contributed by atoms with Crippen LogP contribution in [0.3, 0.4) is 0 Å². The molecule has 2 aromatic carbocycles. The van der Waals surface area contributed by atoms with Gasteiger partial charge in [0, 0.05) is 0 Å². The van der Waals surface area contributed by atoms with Gasteiger partial charge in [-0.25, -0.2) is 0 Å². The van der Waals surface area contributed by atoms with E-state index in [2.05, 4.69) is 92.5 Å². The van der Waals surface area contributed by atoms with Crippen LogP contribution in [0.15, 0.2) is 81.7 Å². The largest absolute Gasteiger partial charge is 0.147 e. The van der Waals surface area contributed by atoms with Gasteiger partial charge in [0.25, 0.3) is 0 Å². The van der Waals surface area contributed by atoms with Crippen molar-refractivity contribution < 1.29 is 23.2 Å². The van der Waals surface area contributed by atoms with Gasteiger partial charge in [-0.2, -0.15) is 0 Å². The molecule has 26 heavy (non-hydrogen) atoms. The number of allylic oxidation sites excluding steroid dienone is 4. The monoisotopic (exact) mass is 480 g/mol. The summed E-state index contributed by atoms with van der Waals surface area (Å²) in [5.74, 6) is 0. The Balaban J connectivity index is 0.00000169. The Kier molecular flexibility index (Phi) is 9.83. The van der Waals surface area contributed by atoms with Gasteiger partial charge in [0.05, 0.1) is 0 Å². The van der Waals surface area contributed by atoms with Crippen LogP contribution >= 0.6 is 24.8 Å². The minimum atomic E-state index is -1.06. The zero-order valence-corrected chi connectivity index (χ0v) is 20.8. The van der Waals surface area contributed by atoms with Crippen molar-refractivity contribution in [3.05, 3.63) is 92.8 Å². The molecular weight excluding hydrogens is 454 g/mol. The van der Waals surface area contributed by atoms with Gasteiger partial charge in [-0.3, -0.25) is 0 Å². The van der Waals surface area contributed by atoms with E-state index in [1.165, 1.54) is 23.6 Å². The second-order valence-corrected chi connectivity index (χ2v) is 16.8. The van der Waals surface area contributed by atoms with E-state index in [0.29, 0.717) is 3.63 Å². The summed E-state index contributed by atoms with van der Waals surface area (Å²) in [5.41, 5.74) is 4.70. The quantitative estimate of drug-likeness (QED) is 0.380. The molecule has 0 N–H and O–H groups in total. The predicted octanol–water partition coefficient (Wildman–Crippen LogP) is 7.25. The molecule has 0 heterocycles. The van der Waals surface area contributed by atoms with E-state index in [-0.39, 0.29) is 24.8 Å². The second-order valence-electron chi connectivity index (χ2n) is 7.75. The molecule has 3 rings (SSSR count). The van der Waals surface area contributed by atoms with Crippen LogP contribution in [0, 0.1) is 0 Å². The number of rotatable bonds is 6. The second kappa shape index (κ2) is 10.8. The third kappa shape index (κ3) is 6.64. The number of halogens is 2. The van der Waals surface area contributed by atoms with Crippen LogP contribution in [0.5, 0.6) is 0 Å². The van der Waals surface area contributed by atoms with Crippen molar-refractivity contribution in [1.29, 1.82) is 0 Å². The number of benzene rings is 2. The summed E-state index contributed by atoms with van der Waals surface area (Å²) >= 11 is -0.710. The first-order chi connectivity index (χ1) is 11.5. The van der Waals surface area contributed by atoms with Gasteiger partial charge >= 0.3 is 160 Å². The molecule has 0 atom stereocenters. The van der Waals surface area contributed by atoms with Gasteiger partial charge in [-0.1, -0.05) is 0 Å². The maximum Gasteiger partial charge on any atom is -0.147 e. The molecule has 0 spiro atoms. The van der Waals surface area contributed by atoms with Crippen molar-refractivity contribution in [2.75, 3.05) is 0 Å². The maximum absolute atomic E-state index is 2.49. The smallest absolute Gasteiger partial charge is 0.147 e. The first kappa shape index (κ1) is 23.6. The summed E-state index contributed by atoms with van der Waals surface area (Å²) in [6.45, 7) is 7.46. The van der Waals surface area contributed by atoms with E-state index in [1.54, 1.807) is 5.57 Å². The van der Waals surface area contributed by atoms with Gasteiger partial charge in [0.2, 0.25) is 0 Å². The van der Waals surface area contributed by atoms with Crippen molar-refractivity contribution in [2.24, 2.45) is 0 Å². The van der Waals surface area contributed by atoms with Crippen molar-refractivity contribution in [1.82, 2.24) is 0 Å². The van der Waals surface area contributed by atoms with Gasteiger partial charge < -0.3 is 0 Å². The summed E-state index contributed by atoms with van der Waals surface area (Å²) in [6.07, 6.45) is 6.04. The van der Waals surface area contributed by atoms with Crippen LogP contribution in [0.2, 0.25) is 25.7 Å². The normalized spacial score (nSPS) is 13.4. The Morgan fingerprint density at radius 1 is 0.846 bits per heavy atom. The Bertz CT molecular complexity index is 694. The summed E-state index contributed by atoms with van der Waals surface area (Å²) in [4.78, 5) is 0.